The van der Waals surface area contributed by atoms with Crippen LogP contribution in [-0.4, -0.2) is 40.1 Å². The van der Waals surface area contributed by atoms with Crippen molar-refractivity contribution in [2.75, 3.05) is 6.61 Å². The number of benzene rings is 1. The fourth-order valence-corrected chi connectivity index (χ4v) is 3.13. The van der Waals surface area contributed by atoms with E-state index in [0.29, 0.717) is 29.3 Å². The SMILES string of the molecule is CC(=O)c1cccc(OCc2cc(C(=O)N[C@@H]3CCOC(C)(C)C3)n[nH]2)c1. The van der Waals surface area contributed by atoms with E-state index in [4.69, 9.17) is 9.47 Å². The lowest BCUT2D eigenvalue weighted by Gasteiger charge is -2.35. The highest BCUT2D eigenvalue weighted by Gasteiger charge is 2.30. The minimum atomic E-state index is -0.227. The summed E-state index contributed by atoms with van der Waals surface area (Å²) >= 11 is 0. The molecule has 1 atom stereocenters. The van der Waals surface area contributed by atoms with Crippen LogP contribution >= 0.6 is 0 Å². The number of aromatic nitrogens is 2. The van der Waals surface area contributed by atoms with Crippen molar-refractivity contribution >= 4 is 11.7 Å². The van der Waals surface area contributed by atoms with Crippen molar-refractivity contribution < 1.29 is 19.1 Å². The van der Waals surface area contributed by atoms with Gasteiger partial charge in [-0.15, -0.1) is 0 Å². The van der Waals surface area contributed by atoms with E-state index >= 15 is 0 Å². The van der Waals surface area contributed by atoms with Gasteiger partial charge < -0.3 is 14.8 Å². The molecule has 3 rings (SSSR count). The van der Waals surface area contributed by atoms with Crippen molar-refractivity contribution in [2.24, 2.45) is 0 Å². The van der Waals surface area contributed by atoms with E-state index < -0.39 is 0 Å². The number of amides is 1. The first kappa shape index (κ1) is 19.1. The standard InChI is InChI=1S/C20H25N3O4/c1-13(24)14-5-4-6-17(9-14)26-12-16-10-18(23-22-16)19(25)21-15-7-8-27-20(2,3)11-15/h4-6,9-10,15H,7-8,11-12H2,1-3H3,(H,21,25)(H,22,23)/t15-/m1/s1. The Labute approximate surface area is 158 Å². The molecule has 1 aliphatic rings. The van der Waals surface area contributed by atoms with Crippen molar-refractivity contribution in [3.63, 3.8) is 0 Å². The number of nitrogens with zero attached hydrogens (tertiary/aromatic N) is 1. The van der Waals surface area contributed by atoms with Crippen LogP contribution in [0.5, 0.6) is 5.75 Å². The third-order valence-corrected chi connectivity index (χ3v) is 4.53. The molecule has 0 saturated carbocycles. The fraction of sp³-hybridized carbons (Fsp3) is 0.450. The van der Waals surface area contributed by atoms with E-state index in [9.17, 15) is 9.59 Å². The molecule has 144 valence electrons. The van der Waals surface area contributed by atoms with E-state index in [0.717, 1.165) is 12.8 Å². The summed E-state index contributed by atoms with van der Waals surface area (Å²) in [4.78, 5) is 23.8. The molecule has 0 radical (unpaired) electrons. The van der Waals surface area contributed by atoms with Gasteiger partial charge >= 0.3 is 0 Å². The van der Waals surface area contributed by atoms with Crippen LogP contribution in [0.1, 0.15) is 60.2 Å². The van der Waals surface area contributed by atoms with Crippen molar-refractivity contribution in [3.8, 4) is 5.75 Å². The topological polar surface area (TPSA) is 93.3 Å². The molecule has 2 aromatic rings. The van der Waals surface area contributed by atoms with E-state index in [-0.39, 0.29) is 29.9 Å². The molecule has 1 amide bonds. The Kier molecular flexibility index (Phi) is 5.60. The molecule has 0 spiro atoms. The molecule has 27 heavy (non-hydrogen) atoms. The Bertz CT molecular complexity index is 828. The number of nitrogens with one attached hydrogen (secondary N) is 2. The van der Waals surface area contributed by atoms with E-state index in [1.165, 1.54) is 6.92 Å². The molecule has 7 nitrogen and oxygen atoms in total. The normalized spacial score (nSPS) is 18.7. The second kappa shape index (κ2) is 7.92. The lowest BCUT2D eigenvalue weighted by Crippen LogP contribution is -2.45. The molecule has 1 aromatic carbocycles. The summed E-state index contributed by atoms with van der Waals surface area (Å²) in [5.41, 5.74) is 1.38. The molecule has 0 aliphatic carbocycles. The largest absolute Gasteiger partial charge is 0.487 e. The second-order valence-corrected chi connectivity index (χ2v) is 7.42. The minimum Gasteiger partial charge on any atom is -0.487 e. The Balaban J connectivity index is 1.55. The minimum absolute atomic E-state index is 0.0164. The Morgan fingerprint density at radius 3 is 2.93 bits per heavy atom. The summed E-state index contributed by atoms with van der Waals surface area (Å²) in [7, 11) is 0. The van der Waals surface area contributed by atoms with Gasteiger partial charge in [-0.1, -0.05) is 12.1 Å². The van der Waals surface area contributed by atoms with E-state index in [1.807, 2.05) is 13.8 Å². The molecule has 1 aromatic heterocycles. The van der Waals surface area contributed by atoms with Crippen molar-refractivity contribution in [3.05, 3.63) is 47.3 Å². The molecule has 1 saturated heterocycles. The van der Waals surface area contributed by atoms with Crippen molar-refractivity contribution in [1.29, 1.82) is 0 Å². The molecule has 0 bridgehead atoms. The molecule has 7 heteroatoms. The number of hydrogen-bond acceptors (Lipinski definition) is 5. The van der Waals surface area contributed by atoms with Crippen LogP contribution < -0.4 is 10.1 Å². The van der Waals surface area contributed by atoms with Crippen molar-refractivity contribution in [2.45, 2.75) is 51.9 Å². The molecular formula is C20H25N3O4. The molecular weight excluding hydrogens is 346 g/mol. The van der Waals surface area contributed by atoms with Gasteiger partial charge in [0.25, 0.3) is 5.91 Å². The summed E-state index contributed by atoms with van der Waals surface area (Å²) < 4.78 is 11.4. The van der Waals surface area contributed by atoms with Gasteiger partial charge in [-0.2, -0.15) is 5.10 Å². The van der Waals surface area contributed by atoms with Crippen LogP contribution in [0.25, 0.3) is 0 Å². The smallest absolute Gasteiger partial charge is 0.271 e. The van der Waals surface area contributed by atoms with Gasteiger partial charge in [0.1, 0.15) is 18.1 Å². The molecule has 2 N–H and O–H groups in total. The number of ketones is 1. The van der Waals surface area contributed by atoms with Crippen LogP contribution in [0.3, 0.4) is 0 Å². The molecule has 1 aliphatic heterocycles. The lowest BCUT2D eigenvalue weighted by molar-refractivity contribution is -0.0615. The maximum Gasteiger partial charge on any atom is 0.271 e. The predicted octanol–water partition coefficient (Wildman–Crippen LogP) is 2.88. The number of Topliss-reactive ketones (excluding diaryl/α,β-unsaturated/α-hetero) is 1. The zero-order chi connectivity index (χ0) is 19.4. The number of rotatable bonds is 6. The average molecular weight is 371 g/mol. The number of carbonyl (C=O) groups is 2. The maximum atomic E-state index is 12.4. The maximum absolute atomic E-state index is 12.4. The Morgan fingerprint density at radius 1 is 1.37 bits per heavy atom. The first-order valence-electron chi connectivity index (χ1n) is 9.05. The number of carbonyl (C=O) groups excluding carboxylic acids is 2. The molecule has 2 heterocycles. The summed E-state index contributed by atoms with van der Waals surface area (Å²) in [6.07, 6.45) is 1.56. The Morgan fingerprint density at radius 2 is 2.19 bits per heavy atom. The molecule has 1 fully saturated rings. The van der Waals surface area contributed by atoms with Gasteiger partial charge in [-0.25, -0.2) is 0 Å². The summed E-state index contributed by atoms with van der Waals surface area (Å²) in [5.74, 6) is 0.365. The third-order valence-electron chi connectivity index (χ3n) is 4.53. The van der Waals surface area contributed by atoms with Crippen LogP contribution in [-0.2, 0) is 11.3 Å². The van der Waals surface area contributed by atoms with Gasteiger partial charge in [0.15, 0.2) is 5.78 Å². The Hall–Kier alpha value is -2.67. The second-order valence-electron chi connectivity index (χ2n) is 7.42. The first-order valence-corrected chi connectivity index (χ1v) is 9.05. The predicted molar refractivity (Wildman–Crippen MR) is 99.9 cm³/mol. The lowest BCUT2D eigenvalue weighted by atomic mass is 9.94. The highest BCUT2D eigenvalue weighted by atomic mass is 16.5. The average Bonchev–Trinajstić information content (AvgIpc) is 3.08. The monoisotopic (exact) mass is 371 g/mol. The van der Waals surface area contributed by atoms with Crippen LogP contribution in [0, 0.1) is 0 Å². The van der Waals surface area contributed by atoms with E-state index in [2.05, 4.69) is 15.5 Å². The van der Waals surface area contributed by atoms with Crippen molar-refractivity contribution in [1.82, 2.24) is 15.5 Å². The number of hydrogen-bond donors (Lipinski definition) is 2. The summed E-state index contributed by atoms with van der Waals surface area (Å²) in [6.45, 7) is 6.42. The number of ether oxygens (including phenoxy) is 2. The third kappa shape index (κ3) is 5.17. The van der Waals surface area contributed by atoms with Gasteiger partial charge in [0.2, 0.25) is 0 Å². The highest BCUT2D eigenvalue weighted by molar-refractivity contribution is 5.94. The number of H-pyrrole nitrogens is 1. The van der Waals surface area contributed by atoms with E-state index in [1.54, 1.807) is 30.3 Å². The van der Waals surface area contributed by atoms with Crippen LogP contribution in [0.2, 0.25) is 0 Å². The van der Waals surface area contributed by atoms with Gasteiger partial charge in [0.05, 0.1) is 11.3 Å². The first-order chi connectivity index (χ1) is 12.8. The summed E-state index contributed by atoms with van der Waals surface area (Å²) in [6, 6.07) is 8.74. The van der Waals surface area contributed by atoms with Crippen LogP contribution in [0.15, 0.2) is 30.3 Å². The quantitative estimate of drug-likeness (QED) is 0.762. The fourth-order valence-electron chi connectivity index (χ4n) is 3.13. The zero-order valence-electron chi connectivity index (χ0n) is 15.9. The van der Waals surface area contributed by atoms with Gasteiger partial charge in [-0.3, -0.25) is 14.7 Å². The van der Waals surface area contributed by atoms with Gasteiger partial charge in [0, 0.05) is 18.2 Å². The zero-order valence-corrected chi connectivity index (χ0v) is 15.9. The number of aromatic amines is 1. The highest BCUT2D eigenvalue weighted by Crippen LogP contribution is 2.24. The van der Waals surface area contributed by atoms with Gasteiger partial charge in [-0.05, 0) is 51.8 Å². The summed E-state index contributed by atoms with van der Waals surface area (Å²) in [5, 5.41) is 9.91. The molecule has 0 unspecified atom stereocenters. The van der Waals surface area contributed by atoms with Crippen LogP contribution in [0.4, 0.5) is 0 Å².